The Kier molecular flexibility index (Phi) is 5.32. The summed E-state index contributed by atoms with van der Waals surface area (Å²) in [6, 6.07) is 3.26. The average molecular weight is 285 g/mol. The molecule has 1 aromatic rings. The molecule has 0 saturated carbocycles. The molecular weight excluding hydrogens is 272 g/mol. The van der Waals surface area contributed by atoms with Gasteiger partial charge < -0.3 is 14.2 Å². The molecule has 0 aromatic heterocycles. The van der Waals surface area contributed by atoms with Crippen LogP contribution in [0.1, 0.15) is 5.56 Å². The number of carbonyl (C=O) groups is 1. The van der Waals surface area contributed by atoms with Gasteiger partial charge in [-0.25, -0.2) is 10.3 Å². The number of nitrogens with zero attached hydrogens (tertiary/aromatic N) is 1. The molecule has 0 bridgehead atoms. The summed E-state index contributed by atoms with van der Waals surface area (Å²) in [7, 11) is 4.15. The number of esters is 1. The molecule has 0 radical (unpaired) electrons. The standard InChI is InChI=1S/C12H13ClN2O4/c1-17-9-5-4-7(10(13)11(9)18-2)6-8(15-14)12(16)19-3/h4-6,14H,1-3H3/b8-6-,15-14?. The van der Waals surface area contributed by atoms with Gasteiger partial charge in [0.05, 0.1) is 26.4 Å². The number of hydrogen-bond acceptors (Lipinski definition) is 6. The second kappa shape index (κ2) is 6.75. The first-order chi connectivity index (χ1) is 9.08. The summed E-state index contributed by atoms with van der Waals surface area (Å²) >= 11 is 6.14. The summed E-state index contributed by atoms with van der Waals surface area (Å²) in [5.74, 6) is 0.0834. The third-order valence-electron chi connectivity index (χ3n) is 2.32. The van der Waals surface area contributed by atoms with Crippen LogP contribution in [-0.4, -0.2) is 27.3 Å². The van der Waals surface area contributed by atoms with Crippen LogP contribution in [0.2, 0.25) is 5.02 Å². The third kappa shape index (κ3) is 3.23. The van der Waals surface area contributed by atoms with Crippen molar-refractivity contribution >= 4 is 23.6 Å². The Bertz CT molecular complexity index is 529. The minimum absolute atomic E-state index is 0.170. The van der Waals surface area contributed by atoms with Crippen molar-refractivity contribution in [1.29, 1.82) is 5.53 Å². The number of rotatable bonds is 5. The van der Waals surface area contributed by atoms with Crippen molar-refractivity contribution in [2.24, 2.45) is 5.11 Å². The van der Waals surface area contributed by atoms with Crippen LogP contribution in [0.3, 0.4) is 0 Å². The molecule has 0 aliphatic rings. The maximum Gasteiger partial charge on any atom is 0.358 e. The zero-order valence-electron chi connectivity index (χ0n) is 10.7. The quantitative estimate of drug-likeness (QED) is 0.512. The number of ether oxygens (including phenoxy) is 3. The van der Waals surface area contributed by atoms with E-state index >= 15 is 0 Å². The van der Waals surface area contributed by atoms with Gasteiger partial charge in [0.25, 0.3) is 0 Å². The van der Waals surface area contributed by atoms with Crippen LogP contribution in [0.4, 0.5) is 0 Å². The molecule has 0 atom stereocenters. The van der Waals surface area contributed by atoms with E-state index in [-0.39, 0.29) is 10.7 Å². The Morgan fingerprint density at radius 1 is 1.32 bits per heavy atom. The Morgan fingerprint density at radius 3 is 2.47 bits per heavy atom. The van der Waals surface area contributed by atoms with Crippen LogP contribution in [0.15, 0.2) is 22.9 Å². The molecule has 1 aromatic carbocycles. The van der Waals surface area contributed by atoms with Gasteiger partial charge in [-0.15, -0.1) is 0 Å². The number of benzene rings is 1. The minimum atomic E-state index is -0.721. The zero-order valence-corrected chi connectivity index (χ0v) is 11.4. The van der Waals surface area contributed by atoms with E-state index in [4.69, 9.17) is 26.6 Å². The Balaban J connectivity index is 3.32. The first-order valence-corrected chi connectivity index (χ1v) is 5.54. The van der Waals surface area contributed by atoms with Gasteiger partial charge in [0.1, 0.15) is 0 Å². The summed E-state index contributed by atoms with van der Waals surface area (Å²) in [4.78, 5) is 11.3. The number of methoxy groups -OCH3 is 3. The van der Waals surface area contributed by atoms with E-state index in [0.717, 1.165) is 0 Å². The molecule has 0 spiro atoms. The van der Waals surface area contributed by atoms with Gasteiger partial charge in [-0.3, -0.25) is 0 Å². The summed E-state index contributed by atoms with van der Waals surface area (Å²) in [6.45, 7) is 0. The van der Waals surface area contributed by atoms with E-state index < -0.39 is 5.97 Å². The van der Waals surface area contributed by atoms with E-state index in [1.54, 1.807) is 12.1 Å². The van der Waals surface area contributed by atoms with Gasteiger partial charge >= 0.3 is 5.97 Å². The highest BCUT2D eigenvalue weighted by atomic mass is 35.5. The van der Waals surface area contributed by atoms with Crippen LogP contribution >= 0.6 is 11.6 Å². The van der Waals surface area contributed by atoms with Crippen molar-refractivity contribution in [2.75, 3.05) is 21.3 Å². The SMILES string of the molecule is COC(=O)/C(=C/c1ccc(OC)c(OC)c1Cl)N=N. The van der Waals surface area contributed by atoms with Crippen molar-refractivity contribution < 1.29 is 19.0 Å². The van der Waals surface area contributed by atoms with Crippen molar-refractivity contribution in [1.82, 2.24) is 0 Å². The van der Waals surface area contributed by atoms with E-state index in [1.807, 2.05) is 0 Å². The van der Waals surface area contributed by atoms with Gasteiger partial charge in [-0.1, -0.05) is 11.6 Å². The van der Waals surface area contributed by atoms with E-state index in [2.05, 4.69) is 9.85 Å². The third-order valence-corrected chi connectivity index (χ3v) is 2.71. The predicted octanol–water partition coefficient (Wildman–Crippen LogP) is 2.90. The monoisotopic (exact) mass is 284 g/mol. The Morgan fingerprint density at radius 2 is 2.00 bits per heavy atom. The van der Waals surface area contributed by atoms with Gasteiger partial charge in [-0.2, -0.15) is 5.11 Å². The van der Waals surface area contributed by atoms with Crippen LogP contribution in [-0.2, 0) is 9.53 Å². The van der Waals surface area contributed by atoms with Crippen LogP contribution in [0, 0.1) is 5.53 Å². The largest absolute Gasteiger partial charge is 0.493 e. The highest BCUT2D eigenvalue weighted by Crippen LogP contribution is 2.38. The average Bonchev–Trinajstić information content (AvgIpc) is 2.44. The molecule has 0 unspecified atom stereocenters. The highest BCUT2D eigenvalue weighted by molar-refractivity contribution is 6.34. The molecule has 6 nitrogen and oxygen atoms in total. The molecule has 0 aliphatic heterocycles. The smallest absolute Gasteiger partial charge is 0.358 e. The Labute approximate surface area is 115 Å². The summed E-state index contributed by atoms with van der Waals surface area (Å²) < 4.78 is 14.7. The highest BCUT2D eigenvalue weighted by Gasteiger charge is 2.15. The summed E-state index contributed by atoms with van der Waals surface area (Å²) in [5.41, 5.74) is 7.25. The molecule has 1 rings (SSSR count). The van der Waals surface area contributed by atoms with Crippen molar-refractivity contribution in [2.45, 2.75) is 0 Å². The number of nitrogens with one attached hydrogen (secondary N) is 1. The lowest BCUT2D eigenvalue weighted by Crippen LogP contribution is -2.02. The number of halogens is 1. The van der Waals surface area contributed by atoms with E-state index in [1.165, 1.54) is 27.4 Å². The van der Waals surface area contributed by atoms with E-state index in [9.17, 15) is 4.79 Å². The normalized spacial score (nSPS) is 10.8. The molecular formula is C12H13ClN2O4. The van der Waals surface area contributed by atoms with Crippen LogP contribution in [0.25, 0.3) is 6.08 Å². The fourth-order valence-corrected chi connectivity index (χ4v) is 1.69. The topological polar surface area (TPSA) is 81.0 Å². The molecule has 0 heterocycles. The van der Waals surface area contributed by atoms with Gasteiger partial charge in [0, 0.05) is 0 Å². The number of hydrogen-bond donors (Lipinski definition) is 1. The lowest BCUT2D eigenvalue weighted by molar-refractivity contribution is -0.136. The van der Waals surface area contributed by atoms with Crippen molar-refractivity contribution in [3.05, 3.63) is 28.4 Å². The zero-order chi connectivity index (χ0) is 14.4. The predicted molar refractivity (Wildman–Crippen MR) is 69.7 cm³/mol. The Hall–Kier alpha value is -2.08. The first kappa shape index (κ1) is 15.0. The van der Waals surface area contributed by atoms with E-state index in [0.29, 0.717) is 17.1 Å². The molecule has 7 heteroatoms. The van der Waals surface area contributed by atoms with Gasteiger partial charge in [0.2, 0.25) is 0 Å². The second-order valence-corrected chi connectivity index (χ2v) is 3.72. The fraction of sp³-hybridized carbons (Fsp3) is 0.250. The minimum Gasteiger partial charge on any atom is -0.493 e. The maximum absolute atomic E-state index is 11.3. The second-order valence-electron chi connectivity index (χ2n) is 3.34. The lowest BCUT2D eigenvalue weighted by Gasteiger charge is -2.11. The molecule has 0 amide bonds. The van der Waals surface area contributed by atoms with Crippen molar-refractivity contribution in [3.63, 3.8) is 0 Å². The summed E-state index contributed by atoms with van der Waals surface area (Å²) in [6.07, 6.45) is 1.34. The van der Waals surface area contributed by atoms with Gasteiger partial charge in [0.15, 0.2) is 17.2 Å². The molecule has 0 aliphatic carbocycles. The van der Waals surface area contributed by atoms with Crippen LogP contribution in [0.5, 0.6) is 11.5 Å². The summed E-state index contributed by atoms with van der Waals surface area (Å²) in [5, 5.41) is 3.36. The molecule has 0 saturated heterocycles. The first-order valence-electron chi connectivity index (χ1n) is 5.17. The lowest BCUT2D eigenvalue weighted by atomic mass is 10.1. The maximum atomic E-state index is 11.3. The van der Waals surface area contributed by atoms with Gasteiger partial charge in [-0.05, 0) is 23.8 Å². The molecule has 1 N–H and O–H groups in total. The molecule has 19 heavy (non-hydrogen) atoms. The van der Waals surface area contributed by atoms with Crippen molar-refractivity contribution in [3.8, 4) is 11.5 Å². The number of carbonyl (C=O) groups excluding carboxylic acids is 1. The molecule has 0 fully saturated rings. The van der Waals surface area contributed by atoms with Crippen LogP contribution < -0.4 is 9.47 Å². The fourth-order valence-electron chi connectivity index (χ4n) is 1.40. The molecule has 102 valence electrons.